The molecule has 1 aliphatic rings. The maximum absolute atomic E-state index is 12.7. The second kappa shape index (κ2) is 9.13. The normalized spacial score (nSPS) is 15.9. The summed E-state index contributed by atoms with van der Waals surface area (Å²) in [6.45, 7) is 5.14. The highest BCUT2D eigenvalue weighted by Crippen LogP contribution is 2.40. The molecular formula is C22H23ClN2O3S. The molecule has 1 aliphatic heterocycles. The van der Waals surface area contributed by atoms with Gasteiger partial charge in [0.25, 0.3) is 5.91 Å². The van der Waals surface area contributed by atoms with Gasteiger partial charge < -0.3 is 14.5 Å². The van der Waals surface area contributed by atoms with Gasteiger partial charge in [0.05, 0.1) is 25.5 Å². The fraction of sp³-hybridized carbons (Fsp3) is 0.318. The number of nitrogens with one attached hydrogen (secondary N) is 1. The number of morpholine rings is 1. The number of furan rings is 1. The molecule has 29 heavy (non-hydrogen) atoms. The first kappa shape index (κ1) is 20.2. The van der Waals surface area contributed by atoms with Crippen LogP contribution < -0.4 is 5.32 Å². The van der Waals surface area contributed by atoms with Gasteiger partial charge in [-0.3, -0.25) is 9.69 Å². The van der Waals surface area contributed by atoms with Crippen molar-refractivity contribution in [3.05, 3.63) is 75.5 Å². The molecule has 0 bridgehead atoms. The van der Waals surface area contributed by atoms with Crippen LogP contribution in [0.15, 0.2) is 53.1 Å². The largest absolute Gasteiger partial charge is 0.459 e. The average Bonchev–Trinajstić information content (AvgIpc) is 3.40. The lowest BCUT2D eigenvalue weighted by molar-refractivity contribution is 0.0241. The predicted molar refractivity (Wildman–Crippen MR) is 116 cm³/mol. The topological polar surface area (TPSA) is 54.7 Å². The molecule has 152 valence electrons. The van der Waals surface area contributed by atoms with Crippen molar-refractivity contribution < 1.29 is 13.9 Å². The fourth-order valence-corrected chi connectivity index (χ4v) is 4.83. The van der Waals surface area contributed by atoms with Crippen molar-refractivity contribution in [3.8, 4) is 0 Å². The molecule has 0 aliphatic carbocycles. The van der Waals surface area contributed by atoms with E-state index in [-0.39, 0.29) is 11.9 Å². The Morgan fingerprint density at radius 1 is 1.24 bits per heavy atom. The highest BCUT2D eigenvalue weighted by atomic mass is 35.5. The zero-order valence-corrected chi connectivity index (χ0v) is 17.8. The van der Waals surface area contributed by atoms with Crippen molar-refractivity contribution in [1.82, 2.24) is 4.90 Å². The number of carbonyl (C=O) groups is 1. The van der Waals surface area contributed by atoms with Gasteiger partial charge in [0.2, 0.25) is 0 Å². The molecule has 0 spiro atoms. The first-order valence-corrected chi connectivity index (χ1v) is 10.9. The minimum absolute atomic E-state index is 0.0129. The van der Waals surface area contributed by atoms with Crippen molar-refractivity contribution in [3.63, 3.8) is 0 Å². The number of carbonyl (C=O) groups excluding carboxylic acids is 1. The van der Waals surface area contributed by atoms with Gasteiger partial charge in [-0.25, -0.2) is 0 Å². The van der Waals surface area contributed by atoms with Gasteiger partial charge in [-0.15, -0.1) is 11.3 Å². The molecule has 1 fully saturated rings. The lowest BCUT2D eigenvalue weighted by atomic mass is 9.97. The van der Waals surface area contributed by atoms with E-state index < -0.39 is 0 Å². The standard InChI is InChI=1S/C22H23ClN2O3S/c1-2-17-14-18(22(29-17)24-21(26)19-7-4-10-28-19)20(25-8-11-27-12-9-25)15-5-3-6-16(23)13-15/h3-7,10,13-14,20H,2,8-9,11-12H2,1H3,(H,24,26)/t20-/m0/s1. The molecule has 2 aromatic heterocycles. The van der Waals surface area contributed by atoms with Gasteiger partial charge in [-0.1, -0.05) is 30.7 Å². The second-order valence-electron chi connectivity index (χ2n) is 6.89. The van der Waals surface area contributed by atoms with Crippen LogP contribution in [-0.4, -0.2) is 37.1 Å². The molecule has 3 heterocycles. The Labute approximate surface area is 179 Å². The number of ether oxygens (including phenoxy) is 1. The minimum atomic E-state index is -0.243. The SMILES string of the molecule is CCc1cc([C@H](c2cccc(Cl)c2)N2CCOCC2)c(NC(=O)c2ccco2)s1. The number of nitrogens with zero attached hydrogens (tertiary/aromatic N) is 1. The lowest BCUT2D eigenvalue weighted by Crippen LogP contribution is -2.39. The number of benzene rings is 1. The number of thiophene rings is 1. The smallest absolute Gasteiger partial charge is 0.291 e. The van der Waals surface area contributed by atoms with E-state index >= 15 is 0 Å². The zero-order valence-electron chi connectivity index (χ0n) is 16.2. The van der Waals surface area contributed by atoms with E-state index in [9.17, 15) is 4.79 Å². The van der Waals surface area contributed by atoms with Gasteiger partial charge in [0, 0.05) is 28.6 Å². The molecule has 1 N–H and O–H groups in total. The zero-order chi connectivity index (χ0) is 20.2. The third-order valence-electron chi connectivity index (χ3n) is 5.00. The number of halogens is 1. The molecule has 1 aromatic carbocycles. The van der Waals surface area contributed by atoms with Crippen molar-refractivity contribution in [1.29, 1.82) is 0 Å². The summed E-state index contributed by atoms with van der Waals surface area (Å²) in [6.07, 6.45) is 2.41. The summed E-state index contributed by atoms with van der Waals surface area (Å²) in [5, 5.41) is 4.62. The number of rotatable bonds is 6. The van der Waals surface area contributed by atoms with Crippen molar-refractivity contribution in [2.45, 2.75) is 19.4 Å². The number of amides is 1. The van der Waals surface area contributed by atoms with Gasteiger partial charge in [-0.2, -0.15) is 0 Å². The maximum atomic E-state index is 12.7. The van der Waals surface area contributed by atoms with Crippen LogP contribution in [0.25, 0.3) is 0 Å². The molecule has 0 saturated carbocycles. The minimum Gasteiger partial charge on any atom is -0.459 e. The van der Waals surface area contributed by atoms with Crippen LogP contribution in [0.4, 0.5) is 5.00 Å². The molecule has 1 atom stereocenters. The highest BCUT2D eigenvalue weighted by Gasteiger charge is 2.29. The van der Waals surface area contributed by atoms with Crippen molar-refractivity contribution >= 4 is 33.8 Å². The Morgan fingerprint density at radius 2 is 2.07 bits per heavy atom. The summed E-state index contributed by atoms with van der Waals surface area (Å²) >= 11 is 7.93. The quantitative estimate of drug-likeness (QED) is 0.581. The molecule has 7 heteroatoms. The summed E-state index contributed by atoms with van der Waals surface area (Å²) in [7, 11) is 0. The summed E-state index contributed by atoms with van der Waals surface area (Å²) in [6, 6.07) is 13.5. The second-order valence-corrected chi connectivity index (χ2v) is 8.46. The van der Waals surface area contributed by atoms with Crippen molar-refractivity contribution in [2.75, 3.05) is 31.6 Å². The first-order valence-electron chi connectivity index (χ1n) is 9.70. The molecule has 5 nitrogen and oxygen atoms in total. The van der Waals surface area contributed by atoms with E-state index in [1.165, 1.54) is 11.1 Å². The van der Waals surface area contributed by atoms with E-state index in [1.54, 1.807) is 23.5 Å². The summed E-state index contributed by atoms with van der Waals surface area (Å²) in [5.41, 5.74) is 2.18. The van der Waals surface area contributed by atoms with E-state index in [1.807, 2.05) is 18.2 Å². The van der Waals surface area contributed by atoms with E-state index in [0.29, 0.717) is 24.0 Å². The molecule has 0 unspecified atom stereocenters. The fourth-order valence-electron chi connectivity index (χ4n) is 3.61. The van der Waals surface area contributed by atoms with E-state index in [0.717, 1.165) is 35.6 Å². The first-order chi connectivity index (χ1) is 14.2. The lowest BCUT2D eigenvalue weighted by Gasteiger charge is -2.35. The van der Waals surface area contributed by atoms with Crippen LogP contribution in [0.2, 0.25) is 5.02 Å². The van der Waals surface area contributed by atoms with E-state index in [2.05, 4.69) is 29.3 Å². The summed E-state index contributed by atoms with van der Waals surface area (Å²) < 4.78 is 10.8. The van der Waals surface area contributed by atoms with E-state index in [4.69, 9.17) is 20.8 Å². The molecule has 1 amide bonds. The number of hydrogen-bond donors (Lipinski definition) is 1. The molecular weight excluding hydrogens is 408 g/mol. The Bertz CT molecular complexity index is 964. The number of hydrogen-bond acceptors (Lipinski definition) is 5. The third-order valence-corrected chi connectivity index (χ3v) is 6.45. The Balaban J connectivity index is 1.75. The summed E-state index contributed by atoms with van der Waals surface area (Å²) in [4.78, 5) is 16.3. The van der Waals surface area contributed by atoms with Crippen LogP contribution in [0, 0.1) is 0 Å². The highest BCUT2D eigenvalue weighted by molar-refractivity contribution is 7.16. The maximum Gasteiger partial charge on any atom is 0.291 e. The Morgan fingerprint density at radius 3 is 2.76 bits per heavy atom. The van der Waals surface area contributed by atoms with Crippen LogP contribution >= 0.6 is 22.9 Å². The number of anilines is 1. The van der Waals surface area contributed by atoms with Gasteiger partial charge >= 0.3 is 0 Å². The average molecular weight is 431 g/mol. The predicted octanol–water partition coefficient (Wildman–Crippen LogP) is 5.23. The van der Waals surface area contributed by atoms with Crippen LogP contribution in [-0.2, 0) is 11.2 Å². The molecule has 3 aromatic rings. The van der Waals surface area contributed by atoms with Crippen LogP contribution in [0.5, 0.6) is 0 Å². The third kappa shape index (κ3) is 4.56. The molecule has 0 radical (unpaired) electrons. The molecule has 4 rings (SSSR count). The van der Waals surface area contributed by atoms with Crippen LogP contribution in [0.1, 0.15) is 39.5 Å². The van der Waals surface area contributed by atoms with Crippen molar-refractivity contribution in [2.24, 2.45) is 0 Å². The number of aryl methyl sites for hydroxylation is 1. The Kier molecular flexibility index (Phi) is 6.35. The molecule has 1 saturated heterocycles. The Hall–Kier alpha value is -2.12. The van der Waals surface area contributed by atoms with Gasteiger partial charge in [-0.05, 0) is 42.3 Å². The van der Waals surface area contributed by atoms with Gasteiger partial charge in [0.15, 0.2) is 5.76 Å². The monoisotopic (exact) mass is 430 g/mol. The van der Waals surface area contributed by atoms with Gasteiger partial charge in [0.1, 0.15) is 5.00 Å². The van der Waals surface area contributed by atoms with Crippen LogP contribution in [0.3, 0.4) is 0 Å². The summed E-state index contributed by atoms with van der Waals surface area (Å²) in [5.74, 6) is 0.0562.